The molecule has 0 bridgehead atoms. The Morgan fingerprint density at radius 2 is 2.08 bits per heavy atom. The molecule has 2 aromatic rings. The molecular formula is C19H22N4OS. The highest BCUT2D eigenvalue weighted by Crippen LogP contribution is 2.33. The number of carbonyl (C=O) groups is 1. The summed E-state index contributed by atoms with van der Waals surface area (Å²) in [5.41, 5.74) is 3.20. The molecule has 1 fully saturated rings. The van der Waals surface area contributed by atoms with E-state index in [1.807, 2.05) is 38.1 Å². The summed E-state index contributed by atoms with van der Waals surface area (Å²) in [6, 6.07) is 7.96. The number of aliphatic imine (C=N–C) groups is 1. The summed E-state index contributed by atoms with van der Waals surface area (Å²) in [6.45, 7) is 9.36. The van der Waals surface area contributed by atoms with Crippen molar-refractivity contribution in [3.8, 4) is 5.82 Å². The van der Waals surface area contributed by atoms with E-state index in [-0.39, 0.29) is 5.91 Å². The predicted molar refractivity (Wildman–Crippen MR) is 104 cm³/mol. The van der Waals surface area contributed by atoms with Gasteiger partial charge in [-0.2, -0.15) is 0 Å². The average molecular weight is 354 g/mol. The number of aromatic nitrogens is 2. The van der Waals surface area contributed by atoms with Gasteiger partial charge < -0.3 is 4.57 Å². The maximum Gasteiger partial charge on any atom is 0.266 e. The van der Waals surface area contributed by atoms with Crippen LogP contribution < -0.4 is 0 Å². The van der Waals surface area contributed by atoms with Crippen LogP contribution in [-0.4, -0.2) is 38.6 Å². The Morgan fingerprint density at radius 1 is 1.28 bits per heavy atom. The quantitative estimate of drug-likeness (QED) is 0.785. The minimum atomic E-state index is 0.0299. The van der Waals surface area contributed by atoms with Crippen molar-refractivity contribution >= 4 is 28.9 Å². The first-order chi connectivity index (χ1) is 12.1. The molecule has 3 rings (SSSR count). The molecule has 25 heavy (non-hydrogen) atoms. The van der Waals surface area contributed by atoms with E-state index in [0.717, 1.165) is 32.8 Å². The van der Waals surface area contributed by atoms with E-state index in [1.165, 1.54) is 11.8 Å². The first kappa shape index (κ1) is 17.5. The van der Waals surface area contributed by atoms with E-state index >= 15 is 0 Å². The van der Waals surface area contributed by atoms with Crippen LogP contribution in [0.2, 0.25) is 0 Å². The van der Waals surface area contributed by atoms with E-state index in [4.69, 9.17) is 0 Å². The highest BCUT2D eigenvalue weighted by atomic mass is 32.2. The predicted octanol–water partition coefficient (Wildman–Crippen LogP) is 3.80. The number of likely N-dealkylation sites (N-methyl/N-ethyl adjacent to an activating group) is 1. The molecule has 1 aliphatic rings. The summed E-state index contributed by atoms with van der Waals surface area (Å²) < 4.78 is 2.11. The number of pyridine rings is 1. The zero-order valence-electron chi connectivity index (χ0n) is 15.0. The molecule has 3 heterocycles. The third kappa shape index (κ3) is 3.26. The van der Waals surface area contributed by atoms with Gasteiger partial charge in [-0.15, -0.1) is 0 Å². The molecule has 0 spiro atoms. The van der Waals surface area contributed by atoms with Gasteiger partial charge in [0.05, 0.1) is 4.91 Å². The maximum atomic E-state index is 12.6. The summed E-state index contributed by atoms with van der Waals surface area (Å²) in [5, 5.41) is 0.791. The summed E-state index contributed by atoms with van der Waals surface area (Å²) in [6.07, 6.45) is 3.75. The van der Waals surface area contributed by atoms with Crippen LogP contribution in [0.4, 0.5) is 0 Å². The lowest BCUT2D eigenvalue weighted by molar-refractivity contribution is -0.122. The number of aryl methyl sites for hydroxylation is 1. The molecule has 0 atom stereocenters. The largest absolute Gasteiger partial charge is 0.303 e. The topological polar surface area (TPSA) is 50.5 Å². The standard InChI is InChI=1S/C19H22N4OS/c1-5-20-19-22(6-2)18(24)16(25-19)12-15-11-13(3)23(14(15)4)17-9-7-8-10-21-17/h7-12H,5-6H2,1-4H3/b16-12-,20-19?. The molecule has 0 aliphatic carbocycles. The van der Waals surface area contributed by atoms with Gasteiger partial charge in [-0.3, -0.25) is 14.7 Å². The molecule has 0 N–H and O–H groups in total. The van der Waals surface area contributed by atoms with Gasteiger partial charge in [0, 0.05) is 30.7 Å². The molecule has 1 amide bonds. The van der Waals surface area contributed by atoms with Crippen LogP contribution in [0, 0.1) is 13.8 Å². The molecule has 130 valence electrons. The smallest absolute Gasteiger partial charge is 0.266 e. The Bertz CT molecular complexity index is 852. The van der Waals surface area contributed by atoms with Crippen molar-refractivity contribution in [2.75, 3.05) is 13.1 Å². The van der Waals surface area contributed by atoms with Crippen LogP contribution in [0.3, 0.4) is 0 Å². The molecule has 5 nitrogen and oxygen atoms in total. The first-order valence-electron chi connectivity index (χ1n) is 8.43. The van der Waals surface area contributed by atoms with E-state index in [9.17, 15) is 4.79 Å². The van der Waals surface area contributed by atoms with Gasteiger partial charge >= 0.3 is 0 Å². The summed E-state index contributed by atoms with van der Waals surface area (Å²) in [4.78, 5) is 24.0. The number of hydrogen-bond acceptors (Lipinski definition) is 4. The van der Waals surface area contributed by atoms with Crippen LogP contribution in [0.1, 0.15) is 30.8 Å². The highest BCUT2D eigenvalue weighted by molar-refractivity contribution is 8.18. The molecule has 6 heteroatoms. The Kier molecular flexibility index (Phi) is 5.08. The molecule has 1 aliphatic heterocycles. The summed E-state index contributed by atoms with van der Waals surface area (Å²) in [7, 11) is 0. The van der Waals surface area contributed by atoms with Crippen LogP contribution in [0.5, 0.6) is 0 Å². The lowest BCUT2D eigenvalue weighted by Gasteiger charge is -2.11. The Balaban J connectivity index is 2.00. The minimum absolute atomic E-state index is 0.0299. The van der Waals surface area contributed by atoms with Crippen LogP contribution in [0.15, 0.2) is 40.4 Å². The maximum absolute atomic E-state index is 12.6. The number of rotatable bonds is 4. The normalized spacial score (nSPS) is 17.9. The van der Waals surface area contributed by atoms with Crippen molar-refractivity contribution < 1.29 is 4.79 Å². The summed E-state index contributed by atoms with van der Waals surface area (Å²) in [5.74, 6) is 0.915. The molecule has 1 saturated heterocycles. The van der Waals surface area contributed by atoms with E-state index in [2.05, 4.69) is 34.5 Å². The fourth-order valence-electron chi connectivity index (χ4n) is 2.95. The summed E-state index contributed by atoms with van der Waals surface area (Å²) >= 11 is 1.45. The average Bonchev–Trinajstić information content (AvgIpc) is 3.05. The molecule has 0 aromatic carbocycles. The molecule has 0 saturated carbocycles. The van der Waals surface area contributed by atoms with Gasteiger partial charge in [-0.25, -0.2) is 4.98 Å². The van der Waals surface area contributed by atoms with Gasteiger partial charge in [0.2, 0.25) is 0 Å². The fraction of sp³-hybridized carbons (Fsp3) is 0.316. The lowest BCUT2D eigenvalue weighted by atomic mass is 10.2. The Morgan fingerprint density at radius 3 is 2.72 bits per heavy atom. The van der Waals surface area contributed by atoms with Crippen molar-refractivity contribution in [2.24, 2.45) is 4.99 Å². The van der Waals surface area contributed by atoms with Crippen molar-refractivity contribution in [3.63, 3.8) is 0 Å². The zero-order valence-corrected chi connectivity index (χ0v) is 15.8. The monoisotopic (exact) mass is 354 g/mol. The second-order valence-electron chi connectivity index (χ2n) is 5.77. The minimum Gasteiger partial charge on any atom is -0.303 e. The molecular weight excluding hydrogens is 332 g/mol. The lowest BCUT2D eigenvalue weighted by Crippen LogP contribution is -2.28. The van der Waals surface area contributed by atoms with Crippen LogP contribution in [-0.2, 0) is 4.79 Å². The van der Waals surface area contributed by atoms with Gasteiger partial charge in [0.1, 0.15) is 5.82 Å². The third-order valence-electron chi connectivity index (χ3n) is 4.13. The van der Waals surface area contributed by atoms with Crippen LogP contribution >= 0.6 is 11.8 Å². The van der Waals surface area contributed by atoms with Crippen molar-refractivity contribution in [1.82, 2.24) is 14.5 Å². The van der Waals surface area contributed by atoms with E-state index < -0.39 is 0 Å². The highest BCUT2D eigenvalue weighted by Gasteiger charge is 2.32. The SMILES string of the molecule is CCN=C1S/C(=C\c2cc(C)n(-c3ccccn3)c2C)C(=O)N1CC. The van der Waals surface area contributed by atoms with Gasteiger partial charge in [-0.05, 0) is 69.3 Å². The molecule has 0 radical (unpaired) electrons. The van der Waals surface area contributed by atoms with Gasteiger partial charge in [-0.1, -0.05) is 6.07 Å². The Hall–Kier alpha value is -2.34. The third-order valence-corrected chi connectivity index (χ3v) is 5.18. The number of carbonyl (C=O) groups excluding carboxylic acids is 1. The fourth-order valence-corrected chi connectivity index (χ4v) is 4.05. The first-order valence-corrected chi connectivity index (χ1v) is 9.24. The van der Waals surface area contributed by atoms with E-state index in [0.29, 0.717) is 13.1 Å². The number of amides is 1. The second kappa shape index (κ2) is 7.27. The Labute approximate surface area is 152 Å². The van der Waals surface area contributed by atoms with Gasteiger partial charge in [0.25, 0.3) is 5.91 Å². The second-order valence-corrected chi connectivity index (χ2v) is 6.78. The number of hydrogen-bond donors (Lipinski definition) is 0. The molecule has 2 aromatic heterocycles. The number of amidine groups is 1. The molecule has 0 unspecified atom stereocenters. The van der Waals surface area contributed by atoms with Crippen molar-refractivity contribution in [2.45, 2.75) is 27.7 Å². The van der Waals surface area contributed by atoms with Gasteiger partial charge in [0.15, 0.2) is 5.17 Å². The van der Waals surface area contributed by atoms with Crippen LogP contribution in [0.25, 0.3) is 11.9 Å². The number of thioether (sulfide) groups is 1. The number of nitrogens with zero attached hydrogens (tertiary/aromatic N) is 4. The van der Waals surface area contributed by atoms with Crippen molar-refractivity contribution in [1.29, 1.82) is 0 Å². The zero-order chi connectivity index (χ0) is 18.0. The van der Waals surface area contributed by atoms with E-state index in [1.54, 1.807) is 11.1 Å². The van der Waals surface area contributed by atoms with Crippen molar-refractivity contribution in [3.05, 3.63) is 52.3 Å².